The predicted molar refractivity (Wildman–Crippen MR) is 97.3 cm³/mol. The van der Waals surface area contributed by atoms with Gasteiger partial charge in [0.15, 0.2) is 5.65 Å². The lowest BCUT2D eigenvalue weighted by Gasteiger charge is -2.31. The van der Waals surface area contributed by atoms with Crippen LogP contribution in [0, 0.1) is 5.92 Å². The third-order valence-electron chi connectivity index (χ3n) is 5.10. The van der Waals surface area contributed by atoms with E-state index in [0.29, 0.717) is 17.6 Å². The number of aromatic nitrogens is 4. The molecule has 3 heterocycles. The molecule has 1 saturated heterocycles. The van der Waals surface area contributed by atoms with Crippen LogP contribution in [0.25, 0.3) is 11.0 Å². The van der Waals surface area contributed by atoms with Gasteiger partial charge in [-0.2, -0.15) is 5.10 Å². The predicted octanol–water partition coefficient (Wildman–Crippen LogP) is 2.11. The maximum absolute atomic E-state index is 12.1. The van der Waals surface area contributed by atoms with Crippen LogP contribution in [-0.2, 0) is 20.0 Å². The van der Waals surface area contributed by atoms with E-state index in [1.54, 1.807) is 10.9 Å². The van der Waals surface area contributed by atoms with E-state index in [4.69, 9.17) is 0 Å². The summed E-state index contributed by atoms with van der Waals surface area (Å²) < 4.78 is 1.65. The standard InChI is InChI=1S/C19H23N5O/c1-23-18-16(12-20-23)19(25)22-17(21-18)13-24-9-7-15(8-10-24)11-14-5-3-2-4-6-14/h2-6,12,15H,7-11,13H2,1H3,(H,21,22,25). The normalized spacial score (nSPS) is 16.5. The van der Waals surface area contributed by atoms with Crippen LogP contribution >= 0.6 is 0 Å². The first kappa shape index (κ1) is 16.0. The molecule has 0 amide bonds. The van der Waals surface area contributed by atoms with Gasteiger partial charge in [0, 0.05) is 7.05 Å². The van der Waals surface area contributed by atoms with E-state index in [2.05, 4.69) is 50.3 Å². The Balaban J connectivity index is 1.39. The first-order valence-electron chi connectivity index (χ1n) is 8.86. The summed E-state index contributed by atoms with van der Waals surface area (Å²) >= 11 is 0. The van der Waals surface area contributed by atoms with Gasteiger partial charge in [0.25, 0.3) is 5.56 Å². The Bertz CT molecular complexity index is 906. The summed E-state index contributed by atoms with van der Waals surface area (Å²) in [6, 6.07) is 10.7. The molecule has 6 nitrogen and oxygen atoms in total. The molecule has 1 aliphatic rings. The lowest BCUT2D eigenvalue weighted by Crippen LogP contribution is -2.34. The second-order valence-corrected chi connectivity index (χ2v) is 6.93. The maximum Gasteiger partial charge on any atom is 0.262 e. The van der Waals surface area contributed by atoms with Crippen molar-refractivity contribution in [1.82, 2.24) is 24.6 Å². The highest BCUT2D eigenvalue weighted by molar-refractivity contribution is 5.72. The summed E-state index contributed by atoms with van der Waals surface area (Å²) in [5.74, 6) is 1.47. The smallest absolute Gasteiger partial charge is 0.262 e. The molecular formula is C19H23N5O. The zero-order valence-electron chi connectivity index (χ0n) is 14.5. The summed E-state index contributed by atoms with van der Waals surface area (Å²) in [6.45, 7) is 2.78. The van der Waals surface area contributed by atoms with Gasteiger partial charge in [-0.25, -0.2) is 4.98 Å². The van der Waals surface area contributed by atoms with Gasteiger partial charge >= 0.3 is 0 Å². The van der Waals surface area contributed by atoms with E-state index in [1.807, 2.05) is 7.05 Å². The number of aryl methyl sites for hydroxylation is 1. The number of rotatable bonds is 4. The van der Waals surface area contributed by atoms with E-state index in [0.717, 1.165) is 31.3 Å². The highest BCUT2D eigenvalue weighted by Gasteiger charge is 2.20. The number of benzene rings is 1. The number of aromatic amines is 1. The molecule has 0 spiro atoms. The molecule has 1 aliphatic heterocycles. The van der Waals surface area contributed by atoms with Gasteiger partial charge in [-0.05, 0) is 43.8 Å². The third-order valence-corrected chi connectivity index (χ3v) is 5.10. The fraction of sp³-hybridized carbons (Fsp3) is 0.421. The number of nitrogens with zero attached hydrogens (tertiary/aromatic N) is 4. The average molecular weight is 337 g/mol. The second kappa shape index (κ2) is 6.80. The van der Waals surface area contributed by atoms with Crippen LogP contribution in [-0.4, -0.2) is 37.7 Å². The van der Waals surface area contributed by atoms with Gasteiger partial charge in [0.1, 0.15) is 11.2 Å². The number of fused-ring (bicyclic) bond motifs is 1. The Hall–Kier alpha value is -2.47. The Morgan fingerprint density at radius 2 is 1.96 bits per heavy atom. The molecule has 6 heteroatoms. The van der Waals surface area contributed by atoms with Crippen molar-refractivity contribution in [2.75, 3.05) is 13.1 Å². The van der Waals surface area contributed by atoms with E-state index in [1.165, 1.54) is 18.4 Å². The molecule has 0 saturated carbocycles. The molecule has 25 heavy (non-hydrogen) atoms. The molecule has 1 aromatic carbocycles. The van der Waals surface area contributed by atoms with E-state index < -0.39 is 0 Å². The number of H-pyrrole nitrogens is 1. The monoisotopic (exact) mass is 337 g/mol. The Kier molecular flexibility index (Phi) is 4.36. The van der Waals surface area contributed by atoms with Crippen molar-refractivity contribution >= 4 is 11.0 Å². The number of nitrogens with one attached hydrogen (secondary N) is 1. The van der Waals surface area contributed by atoms with Crippen molar-refractivity contribution in [3.05, 3.63) is 58.3 Å². The van der Waals surface area contributed by atoms with E-state index >= 15 is 0 Å². The number of hydrogen-bond donors (Lipinski definition) is 1. The van der Waals surface area contributed by atoms with Crippen LogP contribution in [0.3, 0.4) is 0 Å². The molecule has 0 unspecified atom stereocenters. The Labute approximate surface area is 146 Å². The van der Waals surface area contributed by atoms with Crippen molar-refractivity contribution in [2.45, 2.75) is 25.8 Å². The van der Waals surface area contributed by atoms with Crippen LogP contribution in [0.1, 0.15) is 24.2 Å². The molecule has 1 N–H and O–H groups in total. The van der Waals surface area contributed by atoms with Gasteiger partial charge in [-0.1, -0.05) is 30.3 Å². The van der Waals surface area contributed by atoms with Crippen LogP contribution in [0.4, 0.5) is 0 Å². The number of hydrogen-bond acceptors (Lipinski definition) is 4. The topological polar surface area (TPSA) is 66.8 Å². The summed E-state index contributed by atoms with van der Waals surface area (Å²) in [4.78, 5) is 22.0. The lowest BCUT2D eigenvalue weighted by atomic mass is 9.90. The minimum absolute atomic E-state index is 0.105. The SMILES string of the molecule is Cn1ncc2c(=O)[nH]c(CN3CCC(Cc4ccccc4)CC3)nc21. The lowest BCUT2D eigenvalue weighted by molar-refractivity contribution is 0.173. The highest BCUT2D eigenvalue weighted by atomic mass is 16.1. The summed E-state index contributed by atoms with van der Waals surface area (Å²) in [6.07, 6.45) is 5.10. The highest BCUT2D eigenvalue weighted by Crippen LogP contribution is 2.22. The zero-order chi connectivity index (χ0) is 17.2. The van der Waals surface area contributed by atoms with Crippen molar-refractivity contribution in [1.29, 1.82) is 0 Å². The fourth-order valence-corrected chi connectivity index (χ4v) is 3.66. The number of likely N-dealkylation sites (tertiary alicyclic amines) is 1. The second-order valence-electron chi connectivity index (χ2n) is 6.93. The molecule has 0 atom stereocenters. The molecule has 0 aliphatic carbocycles. The Morgan fingerprint density at radius 3 is 2.72 bits per heavy atom. The molecular weight excluding hydrogens is 314 g/mol. The quantitative estimate of drug-likeness (QED) is 0.792. The van der Waals surface area contributed by atoms with Gasteiger partial charge in [-0.3, -0.25) is 14.4 Å². The molecule has 130 valence electrons. The molecule has 2 aromatic heterocycles. The third kappa shape index (κ3) is 3.49. The summed E-state index contributed by atoms with van der Waals surface area (Å²) in [5, 5.41) is 4.66. The van der Waals surface area contributed by atoms with E-state index in [9.17, 15) is 4.79 Å². The number of piperidine rings is 1. The van der Waals surface area contributed by atoms with Crippen molar-refractivity contribution in [2.24, 2.45) is 13.0 Å². The first-order valence-corrected chi connectivity index (χ1v) is 8.86. The molecule has 4 rings (SSSR count). The minimum atomic E-state index is -0.105. The maximum atomic E-state index is 12.1. The van der Waals surface area contributed by atoms with Crippen LogP contribution in [0.2, 0.25) is 0 Å². The van der Waals surface area contributed by atoms with E-state index in [-0.39, 0.29) is 5.56 Å². The van der Waals surface area contributed by atoms with Gasteiger partial charge in [-0.15, -0.1) is 0 Å². The van der Waals surface area contributed by atoms with Gasteiger partial charge < -0.3 is 4.98 Å². The Morgan fingerprint density at radius 1 is 1.20 bits per heavy atom. The van der Waals surface area contributed by atoms with Crippen molar-refractivity contribution < 1.29 is 0 Å². The van der Waals surface area contributed by atoms with Crippen LogP contribution in [0.5, 0.6) is 0 Å². The summed E-state index contributed by atoms with van der Waals surface area (Å²) in [5.41, 5.74) is 1.97. The fourth-order valence-electron chi connectivity index (χ4n) is 3.66. The van der Waals surface area contributed by atoms with Crippen molar-refractivity contribution in [3.8, 4) is 0 Å². The first-order chi connectivity index (χ1) is 12.2. The van der Waals surface area contributed by atoms with Crippen molar-refractivity contribution in [3.63, 3.8) is 0 Å². The molecule has 1 fully saturated rings. The molecule has 3 aromatic rings. The zero-order valence-corrected chi connectivity index (χ0v) is 14.5. The largest absolute Gasteiger partial charge is 0.309 e. The minimum Gasteiger partial charge on any atom is -0.309 e. The average Bonchev–Trinajstić information content (AvgIpc) is 2.99. The van der Waals surface area contributed by atoms with Gasteiger partial charge in [0.05, 0.1) is 12.7 Å². The van der Waals surface area contributed by atoms with Crippen LogP contribution < -0.4 is 5.56 Å². The molecule has 0 radical (unpaired) electrons. The van der Waals surface area contributed by atoms with Crippen LogP contribution in [0.15, 0.2) is 41.3 Å². The summed E-state index contributed by atoms with van der Waals surface area (Å²) in [7, 11) is 1.81. The molecule has 0 bridgehead atoms. The van der Waals surface area contributed by atoms with Gasteiger partial charge in [0.2, 0.25) is 0 Å².